The van der Waals surface area contributed by atoms with E-state index in [1.54, 1.807) is 6.07 Å². The van der Waals surface area contributed by atoms with Crippen LogP contribution in [0.2, 0.25) is 0 Å². The number of phenols is 1. The molecule has 0 radical (unpaired) electrons. The predicted molar refractivity (Wildman–Crippen MR) is 117 cm³/mol. The van der Waals surface area contributed by atoms with Crippen molar-refractivity contribution < 1.29 is 14.6 Å². The molecule has 0 aliphatic carbocycles. The highest BCUT2D eigenvalue weighted by molar-refractivity contribution is 6.02. The first-order valence-electron chi connectivity index (χ1n) is 9.52. The fraction of sp³-hybridized carbons (Fsp3) is 0.250. The van der Waals surface area contributed by atoms with Crippen LogP contribution in [-0.4, -0.2) is 23.8 Å². The molecule has 0 atom stereocenters. The lowest BCUT2D eigenvalue weighted by molar-refractivity contribution is -0.123. The van der Waals surface area contributed by atoms with Crippen molar-refractivity contribution in [3.63, 3.8) is 0 Å². The number of ether oxygens (including phenoxy) is 1. The number of hydrogen-bond donors (Lipinski definition) is 2. The standard InChI is InChI=1S/C24H26N2O3/c1-16-13-18(24(2,3)4)10-12-22(16)29-15-23(28)26-25-14-20-19-8-6-5-7-17(19)9-11-21(20)27/h5-14,27H,15H2,1-4H3,(H,26,28)/b25-14+. The number of amides is 1. The number of nitrogens with one attached hydrogen (secondary N) is 1. The summed E-state index contributed by atoms with van der Waals surface area (Å²) < 4.78 is 5.63. The fourth-order valence-electron chi connectivity index (χ4n) is 3.04. The van der Waals surface area contributed by atoms with Crippen LogP contribution in [0.15, 0.2) is 59.7 Å². The third-order valence-electron chi connectivity index (χ3n) is 4.73. The Morgan fingerprint density at radius 3 is 2.62 bits per heavy atom. The molecule has 0 saturated carbocycles. The van der Waals surface area contributed by atoms with Gasteiger partial charge < -0.3 is 9.84 Å². The van der Waals surface area contributed by atoms with Gasteiger partial charge in [0.2, 0.25) is 0 Å². The van der Waals surface area contributed by atoms with Crippen molar-refractivity contribution in [1.29, 1.82) is 0 Å². The third-order valence-corrected chi connectivity index (χ3v) is 4.73. The average molecular weight is 390 g/mol. The first-order chi connectivity index (χ1) is 13.8. The maximum absolute atomic E-state index is 12.1. The highest BCUT2D eigenvalue weighted by atomic mass is 16.5. The Balaban J connectivity index is 1.62. The molecule has 5 nitrogen and oxygen atoms in total. The lowest BCUT2D eigenvalue weighted by Gasteiger charge is -2.20. The number of hydrogen-bond acceptors (Lipinski definition) is 4. The van der Waals surface area contributed by atoms with Gasteiger partial charge in [0.1, 0.15) is 11.5 Å². The summed E-state index contributed by atoms with van der Waals surface area (Å²) in [6, 6.07) is 17.1. The Kier molecular flexibility index (Phi) is 5.87. The molecule has 1 amide bonds. The number of fused-ring (bicyclic) bond motifs is 1. The Bertz CT molecular complexity index is 1070. The van der Waals surface area contributed by atoms with E-state index in [1.807, 2.05) is 49.4 Å². The van der Waals surface area contributed by atoms with E-state index in [0.29, 0.717) is 11.3 Å². The molecule has 0 aliphatic heterocycles. The van der Waals surface area contributed by atoms with Crippen molar-refractivity contribution in [3.8, 4) is 11.5 Å². The Labute approximate surface area is 171 Å². The lowest BCUT2D eigenvalue weighted by Crippen LogP contribution is -2.24. The zero-order chi connectivity index (χ0) is 21.0. The van der Waals surface area contributed by atoms with E-state index in [-0.39, 0.29) is 23.7 Å². The highest BCUT2D eigenvalue weighted by Gasteiger charge is 2.15. The summed E-state index contributed by atoms with van der Waals surface area (Å²) in [4.78, 5) is 12.1. The summed E-state index contributed by atoms with van der Waals surface area (Å²) in [7, 11) is 0. The molecule has 0 aromatic heterocycles. The molecule has 0 heterocycles. The predicted octanol–water partition coefficient (Wildman–Crippen LogP) is 4.68. The first kappa shape index (κ1) is 20.4. The normalized spacial score (nSPS) is 11.7. The van der Waals surface area contributed by atoms with Crippen LogP contribution in [0.4, 0.5) is 0 Å². The molecular weight excluding hydrogens is 364 g/mol. The van der Waals surface area contributed by atoms with Gasteiger partial charge >= 0.3 is 0 Å². The van der Waals surface area contributed by atoms with Gasteiger partial charge in [0.05, 0.1) is 6.21 Å². The van der Waals surface area contributed by atoms with E-state index < -0.39 is 0 Å². The van der Waals surface area contributed by atoms with Crippen LogP contribution in [0.5, 0.6) is 11.5 Å². The molecule has 2 N–H and O–H groups in total. The Morgan fingerprint density at radius 1 is 1.14 bits per heavy atom. The summed E-state index contributed by atoms with van der Waals surface area (Å²) >= 11 is 0. The van der Waals surface area contributed by atoms with E-state index >= 15 is 0 Å². The molecular formula is C24H26N2O3. The van der Waals surface area contributed by atoms with Gasteiger partial charge in [-0.1, -0.05) is 63.2 Å². The summed E-state index contributed by atoms with van der Waals surface area (Å²) in [6.45, 7) is 8.28. The van der Waals surface area contributed by atoms with Crippen LogP contribution in [0, 0.1) is 6.92 Å². The topological polar surface area (TPSA) is 70.9 Å². The monoisotopic (exact) mass is 390 g/mol. The summed E-state index contributed by atoms with van der Waals surface area (Å²) in [5, 5.41) is 15.9. The third kappa shape index (κ3) is 4.93. The van der Waals surface area contributed by atoms with Gasteiger partial charge in [-0.3, -0.25) is 4.79 Å². The van der Waals surface area contributed by atoms with Gasteiger partial charge in [0, 0.05) is 5.56 Å². The van der Waals surface area contributed by atoms with Gasteiger partial charge in [0.25, 0.3) is 5.91 Å². The quantitative estimate of drug-likeness (QED) is 0.491. The number of benzene rings is 3. The van der Waals surface area contributed by atoms with Crippen molar-refractivity contribution in [2.24, 2.45) is 5.10 Å². The number of aryl methyl sites for hydroxylation is 1. The first-order valence-corrected chi connectivity index (χ1v) is 9.52. The molecule has 0 unspecified atom stereocenters. The molecule has 0 bridgehead atoms. The molecule has 3 aromatic rings. The minimum Gasteiger partial charge on any atom is -0.507 e. The van der Waals surface area contributed by atoms with Crippen molar-refractivity contribution >= 4 is 22.9 Å². The minimum atomic E-state index is -0.375. The van der Waals surface area contributed by atoms with Gasteiger partial charge in [-0.25, -0.2) is 5.43 Å². The second-order valence-corrected chi connectivity index (χ2v) is 8.03. The molecule has 0 aliphatic rings. The second kappa shape index (κ2) is 8.35. The molecule has 0 fully saturated rings. The zero-order valence-corrected chi connectivity index (χ0v) is 17.2. The van der Waals surface area contributed by atoms with Crippen molar-refractivity contribution in [2.75, 3.05) is 6.61 Å². The number of aromatic hydroxyl groups is 1. The smallest absolute Gasteiger partial charge is 0.277 e. The largest absolute Gasteiger partial charge is 0.507 e. The fourth-order valence-corrected chi connectivity index (χ4v) is 3.04. The van der Waals surface area contributed by atoms with Crippen molar-refractivity contribution in [1.82, 2.24) is 5.43 Å². The Hall–Kier alpha value is -3.34. The zero-order valence-electron chi connectivity index (χ0n) is 17.2. The van der Waals surface area contributed by atoms with Crippen LogP contribution in [-0.2, 0) is 10.2 Å². The van der Waals surface area contributed by atoms with E-state index in [4.69, 9.17) is 4.74 Å². The van der Waals surface area contributed by atoms with Crippen molar-refractivity contribution in [3.05, 3.63) is 71.3 Å². The summed E-state index contributed by atoms with van der Waals surface area (Å²) in [5.74, 6) is 0.400. The van der Waals surface area contributed by atoms with Gasteiger partial charge in [-0.15, -0.1) is 0 Å². The van der Waals surface area contributed by atoms with Crippen molar-refractivity contribution in [2.45, 2.75) is 33.1 Å². The molecule has 3 rings (SSSR count). The molecule has 0 spiro atoms. The van der Waals surface area contributed by atoms with Crippen LogP contribution >= 0.6 is 0 Å². The van der Waals surface area contributed by atoms with Crippen LogP contribution in [0.25, 0.3) is 10.8 Å². The number of phenolic OH excluding ortho intramolecular Hbond substituents is 1. The van der Waals surface area contributed by atoms with E-state index in [2.05, 4.69) is 37.4 Å². The number of nitrogens with zero attached hydrogens (tertiary/aromatic N) is 1. The molecule has 0 saturated heterocycles. The van der Waals surface area contributed by atoms with E-state index in [9.17, 15) is 9.90 Å². The number of hydrazone groups is 1. The molecule has 3 aromatic carbocycles. The molecule has 150 valence electrons. The van der Waals surface area contributed by atoms with Gasteiger partial charge in [0.15, 0.2) is 6.61 Å². The van der Waals surface area contributed by atoms with Crippen LogP contribution < -0.4 is 10.2 Å². The summed E-state index contributed by atoms with van der Waals surface area (Å²) in [5.41, 5.74) is 5.25. The van der Waals surface area contributed by atoms with Crippen LogP contribution in [0.3, 0.4) is 0 Å². The Morgan fingerprint density at radius 2 is 1.90 bits per heavy atom. The van der Waals surface area contributed by atoms with Crippen LogP contribution in [0.1, 0.15) is 37.5 Å². The lowest BCUT2D eigenvalue weighted by atomic mass is 9.86. The minimum absolute atomic E-state index is 0.0581. The number of carbonyl (C=O) groups excluding carboxylic acids is 1. The highest BCUT2D eigenvalue weighted by Crippen LogP contribution is 2.27. The van der Waals surface area contributed by atoms with Gasteiger partial charge in [-0.2, -0.15) is 5.10 Å². The molecule has 29 heavy (non-hydrogen) atoms. The van der Waals surface area contributed by atoms with E-state index in [1.165, 1.54) is 11.8 Å². The molecule has 5 heteroatoms. The number of carbonyl (C=O) groups is 1. The number of rotatable bonds is 5. The SMILES string of the molecule is Cc1cc(C(C)(C)C)ccc1OCC(=O)N/N=C/c1c(O)ccc2ccccc12. The maximum atomic E-state index is 12.1. The van der Waals surface area contributed by atoms with Gasteiger partial charge in [-0.05, 0) is 46.4 Å². The average Bonchev–Trinajstić information content (AvgIpc) is 2.68. The second-order valence-electron chi connectivity index (χ2n) is 8.03. The summed E-state index contributed by atoms with van der Waals surface area (Å²) in [6.07, 6.45) is 1.44. The van der Waals surface area contributed by atoms with E-state index in [0.717, 1.165) is 16.3 Å². The maximum Gasteiger partial charge on any atom is 0.277 e.